The molecule has 0 radical (unpaired) electrons. The van der Waals surface area contributed by atoms with Crippen molar-refractivity contribution in [3.8, 4) is 0 Å². The molecule has 1 N–H and O–H groups in total. The minimum Gasteiger partial charge on any atom is -0.350 e. The summed E-state index contributed by atoms with van der Waals surface area (Å²) in [6, 6.07) is 15.3. The van der Waals surface area contributed by atoms with Crippen LogP contribution < -0.4 is 5.48 Å². The Morgan fingerprint density at radius 1 is 1.07 bits per heavy atom. The number of para-hydroxylation sites is 1. The number of amides is 3. The molecule has 0 bridgehead atoms. The van der Waals surface area contributed by atoms with E-state index in [-0.39, 0.29) is 24.3 Å². The number of rotatable bonds is 8. The van der Waals surface area contributed by atoms with E-state index in [0.29, 0.717) is 44.1 Å². The van der Waals surface area contributed by atoms with Crippen LogP contribution in [0.5, 0.6) is 0 Å². The summed E-state index contributed by atoms with van der Waals surface area (Å²) in [5, 5.41) is 1.12. The monoisotopic (exact) mass is 558 g/mol. The van der Waals surface area contributed by atoms with Crippen LogP contribution in [0.15, 0.2) is 48.5 Å². The lowest BCUT2D eigenvalue weighted by molar-refractivity contribution is -0.186. The summed E-state index contributed by atoms with van der Waals surface area (Å²) in [4.78, 5) is 48.3. The Hall–Kier alpha value is -3.69. The zero-order chi connectivity index (χ0) is 28.5. The van der Waals surface area contributed by atoms with Crippen LogP contribution in [0, 0.1) is 5.92 Å². The molecular weight excluding hydrogens is 520 g/mol. The Morgan fingerprint density at radius 3 is 2.63 bits per heavy atom. The highest BCUT2D eigenvalue weighted by molar-refractivity contribution is 5.97. The molecule has 2 aromatic carbocycles. The summed E-state index contributed by atoms with van der Waals surface area (Å²) in [5.74, 6) is 0.230. The van der Waals surface area contributed by atoms with E-state index in [0.717, 1.165) is 53.4 Å². The van der Waals surface area contributed by atoms with E-state index in [4.69, 9.17) is 9.57 Å². The summed E-state index contributed by atoms with van der Waals surface area (Å²) < 4.78 is 7.76. The second kappa shape index (κ2) is 11.7. The number of hydrogen-bond acceptors (Lipinski definition) is 5. The van der Waals surface area contributed by atoms with Crippen LogP contribution >= 0.6 is 0 Å². The van der Waals surface area contributed by atoms with Crippen molar-refractivity contribution in [1.82, 2.24) is 19.8 Å². The Bertz CT molecular complexity index is 1440. The quantitative estimate of drug-likeness (QED) is 0.422. The summed E-state index contributed by atoms with van der Waals surface area (Å²) in [6.07, 6.45) is 3.81. The molecule has 2 atom stereocenters. The van der Waals surface area contributed by atoms with Crippen molar-refractivity contribution in [2.75, 3.05) is 19.7 Å². The van der Waals surface area contributed by atoms with Gasteiger partial charge in [0.05, 0.1) is 13.1 Å². The number of ether oxygens (including phenoxy) is 1. The molecule has 3 aliphatic heterocycles. The highest BCUT2D eigenvalue weighted by atomic mass is 16.8. The smallest absolute Gasteiger partial charge is 0.274 e. The molecule has 0 saturated carbocycles. The maximum atomic E-state index is 13.5. The van der Waals surface area contributed by atoms with Crippen LogP contribution in [0.4, 0.5) is 0 Å². The molecule has 3 aromatic rings. The van der Waals surface area contributed by atoms with E-state index in [1.165, 1.54) is 0 Å². The van der Waals surface area contributed by atoms with Gasteiger partial charge in [-0.25, -0.2) is 10.3 Å². The van der Waals surface area contributed by atoms with E-state index >= 15 is 0 Å². The molecule has 9 heteroatoms. The predicted octanol–water partition coefficient (Wildman–Crippen LogP) is 4.02. The molecule has 2 unspecified atom stereocenters. The molecule has 0 spiro atoms. The fourth-order valence-corrected chi connectivity index (χ4v) is 6.15. The average molecular weight is 559 g/mol. The molecule has 0 aliphatic carbocycles. The number of carbonyl (C=O) groups is 3. The zero-order valence-electron chi connectivity index (χ0n) is 23.8. The Balaban J connectivity index is 1.21. The van der Waals surface area contributed by atoms with Gasteiger partial charge < -0.3 is 19.1 Å². The summed E-state index contributed by atoms with van der Waals surface area (Å²) >= 11 is 0. The summed E-state index contributed by atoms with van der Waals surface area (Å²) in [5.41, 5.74) is 7.35. The standard InChI is InChI=1S/C32H38N4O5/c1-21(2)14-15-34-20-29(37)36-19-28-25(17-27(36)32(34)39)24-7-3-4-8-26(24)35(28)18-22-10-12-23(13-11-22)31(38)33-41-30-9-5-6-16-40-30/h3-4,7-8,10-13,21,27,30H,5-6,9,14-20H2,1-2H3,(H,33,38). The van der Waals surface area contributed by atoms with E-state index < -0.39 is 12.3 Å². The topological polar surface area (TPSA) is 93.1 Å². The SMILES string of the molecule is CC(C)CCN1CC(=O)N2Cc3c(c4ccccc4n3Cc3ccc(C(=O)NOC4CCCCO4)cc3)CC2C1=O. The van der Waals surface area contributed by atoms with Gasteiger partial charge in [0.2, 0.25) is 11.8 Å². The van der Waals surface area contributed by atoms with Gasteiger partial charge in [0.25, 0.3) is 5.91 Å². The first-order valence-electron chi connectivity index (χ1n) is 14.7. The van der Waals surface area contributed by atoms with Crippen molar-refractivity contribution in [1.29, 1.82) is 0 Å². The second-order valence-corrected chi connectivity index (χ2v) is 11.8. The van der Waals surface area contributed by atoms with Gasteiger partial charge in [0, 0.05) is 54.7 Å². The van der Waals surface area contributed by atoms with Gasteiger partial charge in [-0.2, -0.15) is 0 Å². The lowest BCUT2D eigenvalue weighted by Crippen LogP contribution is -2.61. The summed E-state index contributed by atoms with van der Waals surface area (Å²) in [6.45, 7) is 6.69. The third kappa shape index (κ3) is 5.61. The second-order valence-electron chi connectivity index (χ2n) is 11.8. The minimum atomic E-state index is -0.450. The largest absolute Gasteiger partial charge is 0.350 e. The van der Waals surface area contributed by atoms with Gasteiger partial charge in [-0.1, -0.05) is 44.2 Å². The highest BCUT2D eigenvalue weighted by Crippen LogP contribution is 2.35. The fourth-order valence-electron chi connectivity index (χ4n) is 6.15. The minimum absolute atomic E-state index is 0.0111. The average Bonchev–Trinajstić information content (AvgIpc) is 3.29. The lowest BCUT2D eigenvalue weighted by Gasteiger charge is -2.43. The maximum absolute atomic E-state index is 13.5. The third-order valence-corrected chi connectivity index (χ3v) is 8.49. The van der Waals surface area contributed by atoms with Crippen molar-refractivity contribution in [3.63, 3.8) is 0 Å². The maximum Gasteiger partial charge on any atom is 0.274 e. The molecule has 1 aromatic heterocycles. The van der Waals surface area contributed by atoms with Crippen LogP contribution in [-0.2, 0) is 38.7 Å². The van der Waals surface area contributed by atoms with Crippen LogP contribution in [-0.4, -0.2) is 64.1 Å². The molecule has 4 heterocycles. The number of nitrogens with one attached hydrogen (secondary N) is 1. The van der Waals surface area contributed by atoms with E-state index in [2.05, 4.69) is 36.0 Å². The highest BCUT2D eigenvalue weighted by Gasteiger charge is 2.43. The molecule has 9 nitrogen and oxygen atoms in total. The molecule has 2 saturated heterocycles. The third-order valence-electron chi connectivity index (χ3n) is 8.49. The Kier molecular flexibility index (Phi) is 7.81. The number of aromatic nitrogens is 1. The zero-order valence-corrected chi connectivity index (χ0v) is 23.8. The predicted molar refractivity (Wildman–Crippen MR) is 154 cm³/mol. The van der Waals surface area contributed by atoms with Gasteiger partial charge in [-0.15, -0.1) is 0 Å². The Labute approximate surface area is 240 Å². The van der Waals surface area contributed by atoms with E-state index in [1.807, 2.05) is 24.3 Å². The van der Waals surface area contributed by atoms with Crippen LogP contribution in [0.1, 0.15) is 66.7 Å². The van der Waals surface area contributed by atoms with Crippen molar-refractivity contribution in [2.45, 2.75) is 71.4 Å². The number of nitrogens with zero attached hydrogens (tertiary/aromatic N) is 3. The van der Waals surface area contributed by atoms with Gasteiger partial charge in [-0.05, 0) is 54.5 Å². The molecular formula is C32H38N4O5. The fraction of sp³-hybridized carbons (Fsp3) is 0.469. The normalized spacial score (nSPS) is 20.9. The number of hydroxylamine groups is 1. The lowest BCUT2D eigenvalue weighted by atomic mass is 9.93. The van der Waals surface area contributed by atoms with Crippen LogP contribution in [0.3, 0.4) is 0 Å². The Morgan fingerprint density at radius 2 is 1.88 bits per heavy atom. The summed E-state index contributed by atoms with van der Waals surface area (Å²) in [7, 11) is 0. The van der Waals surface area contributed by atoms with Gasteiger partial charge in [0.1, 0.15) is 6.04 Å². The van der Waals surface area contributed by atoms with Crippen LogP contribution in [0.2, 0.25) is 0 Å². The molecule has 3 aliphatic rings. The van der Waals surface area contributed by atoms with Gasteiger partial charge in [0.15, 0.2) is 6.29 Å². The first kappa shape index (κ1) is 27.5. The first-order valence-corrected chi connectivity index (χ1v) is 14.7. The van der Waals surface area contributed by atoms with Crippen molar-refractivity contribution in [3.05, 3.63) is 70.9 Å². The number of piperazine rings is 1. The van der Waals surface area contributed by atoms with E-state index in [1.54, 1.807) is 21.9 Å². The van der Waals surface area contributed by atoms with Gasteiger partial charge >= 0.3 is 0 Å². The molecule has 2 fully saturated rings. The molecule has 6 rings (SSSR count). The first-order chi connectivity index (χ1) is 19.9. The number of hydrogen-bond donors (Lipinski definition) is 1. The van der Waals surface area contributed by atoms with Crippen molar-refractivity contribution < 1.29 is 24.0 Å². The van der Waals surface area contributed by atoms with Crippen LogP contribution in [0.25, 0.3) is 10.9 Å². The van der Waals surface area contributed by atoms with E-state index in [9.17, 15) is 14.4 Å². The number of fused-ring (bicyclic) bond motifs is 4. The molecule has 216 valence electrons. The number of benzene rings is 2. The molecule has 3 amide bonds. The van der Waals surface area contributed by atoms with Crippen molar-refractivity contribution in [2.24, 2.45) is 5.92 Å². The number of carbonyl (C=O) groups excluding carboxylic acids is 3. The van der Waals surface area contributed by atoms with Gasteiger partial charge in [-0.3, -0.25) is 14.4 Å². The van der Waals surface area contributed by atoms with Crippen molar-refractivity contribution >= 4 is 28.6 Å². The molecule has 41 heavy (non-hydrogen) atoms.